The summed E-state index contributed by atoms with van der Waals surface area (Å²) in [5.41, 5.74) is 0.978. The van der Waals surface area contributed by atoms with E-state index < -0.39 is 0 Å². The van der Waals surface area contributed by atoms with Gasteiger partial charge in [-0.05, 0) is 39.7 Å². The maximum atomic E-state index is 5.66. The molecule has 2 aliphatic rings. The first-order valence-corrected chi connectivity index (χ1v) is 7.68. The lowest BCUT2D eigenvalue weighted by Gasteiger charge is -2.12. The lowest BCUT2D eigenvalue weighted by Crippen LogP contribution is -2.20. The number of nitrogens with zero attached hydrogens (tertiary/aromatic N) is 4. The molecule has 2 aromatic rings. The predicted molar refractivity (Wildman–Crippen MR) is 74.9 cm³/mol. The molecule has 0 spiro atoms. The smallest absolute Gasteiger partial charge is 0.231 e. The molecule has 1 saturated heterocycles. The molecular weight excluding hydrogens is 268 g/mol. The molecule has 0 radical (unpaired) electrons. The molecule has 1 saturated carbocycles. The van der Waals surface area contributed by atoms with Crippen molar-refractivity contribution < 1.29 is 8.94 Å². The van der Waals surface area contributed by atoms with E-state index in [0.29, 0.717) is 11.8 Å². The minimum Gasteiger partial charge on any atom is -0.444 e. The highest BCUT2D eigenvalue weighted by atomic mass is 16.5. The fourth-order valence-corrected chi connectivity index (χ4v) is 2.90. The van der Waals surface area contributed by atoms with Crippen LogP contribution in [-0.4, -0.2) is 33.1 Å². The van der Waals surface area contributed by atoms with Crippen molar-refractivity contribution in [1.82, 2.24) is 20.0 Å². The Balaban J connectivity index is 1.39. The SMILES string of the molecule is Cc1nc(CN2CC[C@H](c3nc(C4CC4)no3)C2)oc1C. The van der Waals surface area contributed by atoms with Gasteiger partial charge in [0, 0.05) is 12.5 Å². The number of hydrogen-bond donors (Lipinski definition) is 0. The summed E-state index contributed by atoms with van der Waals surface area (Å²) < 4.78 is 11.1. The fraction of sp³-hybridized carbons (Fsp3) is 0.667. The molecule has 1 aliphatic carbocycles. The van der Waals surface area contributed by atoms with Crippen LogP contribution in [0.3, 0.4) is 0 Å². The van der Waals surface area contributed by atoms with Crippen molar-refractivity contribution in [2.24, 2.45) is 0 Å². The molecular formula is C15H20N4O2. The second-order valence-electron chi connectivity index (χ2n) is 6.24. The number of aromatic nitrogens is 3. The molecule has 0 bridgehead atoms. The summed E-state index contributed by atoms with van der Waals surface area (Å²) in [5.74, 6) is 4.32. The third-order valence-corrected chi connectivity index (χ3v) is 4.45. The standard InChI is InChI=1S/C15H20N4O2/c1-9-10(2)20-13(16-9)8-19-6-5-12(7-19)15-17-14(18-21-15)11-3-4-11/h11-12H,3-8H2,1-2H3/t12-/m0/s1. The monoisotopic (exact) mass is 288 g/mol. The second-order valence-corrected chi connectivity index (χ2v) is 6.24. The lowest BCUT2D eigenvalue weighted by atomic mass is 10.1. The highest BCUT2D eigenvalue weighted by molar-refractivity contribution is 5.08. The van der Waals surface area contributed by atoms with E-state index in [9.17, 15) is 0 Å². The average Bonchev–Trinajstić information content (AvgIpc) is 2.88. The molecule has 2 aromatic heterocycles. The molecule has 0 amide bonds. The fourth-order valence-electron chi connectivity index (χ4n) is 2.90. The molecule has 4 rings (SSSR count). The van der Waals surface area contributed by atoms with Crippen LogP contribution in [0.15, 0.2) is 8.94 Å². The zero-order chi connectivity index (χ0) is 14.4. The topological polar surface area (TPSA) is 68.2 Å². The van der Waals surface area contributed by atoms with Crippen LogP contribution in [0.4, 0.5) is 0 Å². The van der Waals surface area contributed by atoms with E-state index in [0.717, 1.165) is 55.1 Å². The normalized spacial score (nSPS) is 23.0. The van der Waals surface area contributed by atoms with Crippen LogP contribution < -0.4 is 0 Å². The minimum atomic E-state index is 0.349. The quantitative estimate of drug-likeness (QED) is 0.861. The van der Waals surface area contributed by atoms with Gasteiger partial charge in [-0.2, -0.15) is 4.98 Å². The predicted octanol–water partition coefficient (Wildman–Crippen LogP) is 2.54. The number of aryl methyl sites for hydroxylation is 2. The number of rotatable bonds is 4. The summed E-state index contributed by atoms with van der Waals surface area (Å²) in [6.07, 6.45) is 3.47. The summed E-state index contributed by atoms with van der Waals surface area (Å²) in [7, 11) is 0. The summed E-state index contributed by atoms with van der Waals surface area (Å²) in [6.45, 7) is 6.65. The molecule has 3 heterocycles. The zero-order valence-corrected chi connectivity index (χ0v) is 12.5. The van der Waals surface area contributed by atoms with Crippen molar-refractivity contribution >= 4 is 0 Å². The largest absolute Gasteiger partial charge is 0.444 e. The van der Waals surface area contributed by atoms with Crippen LogP contribution in [0.5, 0.6) is 0 Å². The lowest BCUT2D eigenvalue weighted by molar-refractivity contribution is 0.276. The van der Waals surface area contributed by atoms with E-state index in [1.165, 1.54) is 12.8 Å². The first-order valence-electron chi connectivity index (χ1n) is 7.68. The van der Waals surface area contributed by atoms with Crippen LogP contribution >= 0.6 is 0 Å². The van der Waals surface area contributed by atoms with Gasteiger partial charge in [0.15, 0.2) is 5.82 Å². The summed E-state index contributed by atoms with van der Waals surface area (Å²) in [5, 5.41) is 4.11. The van der Waals surface area contributed by atoms with E-state index >= 15 is 0 Å². The first kappa shape index (κ1) is 13.0. The molecule has 0 N–H and O–H groups in total. The van der Waals surface area contributed by atoms with Gasteiger partial charge in [-0.3, -0.25) is 4.90 Å². The van der Waals surface area contributed by atoms with Crippen LogP contribution in [-0.2, 0) is 6.54 Å². The Morgan fingerprint density at radius 2 is 2.00 bits per heavy atom. The Bertz CT molecular complexity index is 624. The first-order chi connectivity index (χ1) is 10.2. The number of oxazole rings is 1. The van der Waals surface area contributed by atoms with Crippen molar-refractivity contribution in [1.29, 1.82) is 0 Å². The van der Waals surface area contributed by atoms with Crippen molar-refractivity contribution in [3.8, 4) is 0 Å². The Kier molecular flexibility index (Phi) is 3.06. The Labute approximate surface area is 123 Å². The van der Waals surface area contributed by atoms with Gasteiger partial charge < -0.3 is 8.94 Å². The van der Waals surface area contributed by atoms with Gasteiger partial charge in [0.25, 0.3) is 0 Å². The Morgan fingerprint density at radius 1 is 1.14 bits per heavy atom. The van der Waals surface area contributed by atoms with E-state index in [4.69, 9.17) is 8.94 Å². The highest BCUT2D eigenvalue weighted by Gasteiger charge is 2.33. The zero-order valence-electron chi connectivity index (χ0n) is 12.5. The van der Waals surface area contributed by atoms with Crippen molar-refractivity contribution in [3.63, 3.8) is 0 Å². The van der Waals surface area contributed by atoms with Gasteiger partial charge in [-0.15, -0.1) is 0 Å². The van der Waals surface area contributed by atoms with Crippen molar-refractivity contribution in [2.75, 3.05) is 13.1 Å². The third kappa shape index (κ3) is 2.60. The molecule has 1 aliphatic heterocycles. The van der Waals surface area contributed by atoms with E-state index in [2.05, 4.69) is 20.0 Å². The third-order valence-electron chi connectivity index (χ3n) is 4.45. The van der Waals surface area contributed by atoms with Crippen LogP contribution in [0, 0.1) is 13.8 Å². The van der Waals surface area contributed by atoms with Gasteiger partial charge in [-0.25, -0.2) is 4.98 Å². The Morgan fingerprint density at radius 3 is 2.71 bits per heavy atom. The van der Waals surface area contributed by atoms with Crippen LogP contribution in [0.25, 0.3) is 0 Å². The van der Waals surface area contributed by atoms with Gasteiger partial charge in [0.2, 0.25) is 11.8 Å². The molecule has 112 valence electrons. The van der Waals surface area contributed by atoms with E-state index in [1.807, 2.05) is 13.8 Å². The Hall–Kier alpha value is -1.69. The van der Waals surface area contributed by atoms with Crippen LogP contribution in [0.2, 0.25) is 0 Å². The van der Waals surface area contributed by atoms with Crippen LogP contribution in [0.1, 0.15) is 60.2 Å². The number of likely N-dealkylation sites (tertiary alicyclic amines) is 1. The average molecular weight is 288 g/mol. The second kappa shape index (κ2) is 4.94. The summed E-state index contributed by atoms with van der Waals surface area (Å²) >= 11 is 0. The molecule has 6 heteroatoms. The molecule has 2 fully saturated rings. The summed E-state index contributed by atoms with van der Waals surface area (Å²) in [6, 6.07) is 0. The minimum absolute atomic E-state index is 0.349. The van der Waals surface area contributed by atoms with Crippen molar-refractivity contribution in [3.05, 3.63) is 29.1 Å². The van der Waals surface area contributed by atoms with E-state index in [-0.39, 0.29) is 0 Å². The molecule has 1 atom stereocenters. The maximum absolute atomic E-state index is 5.66. The number of hydrogen-bond acceptors (Lipinski definition) is 6. The van der Waals surface area contributed by atoms with Gasteiger partial charge in [0.05, 0.1) is 18.2 Å². The highest BCUT2D eigenvalue weighted by Crippen LogP contribution is 2.39. The molecule has 6 nitrogen and oxygen atoms in total. The molecule has 0 aromatic carbocycles. The maximum Gasteiger partial charge on any atom is 0.231 e. The van der Waals surface area contributed by atoms with Gasteiger partial charge >= 0.3 is 0 Å². The van der Waals surface area contributed by atoms with Gasteiger partial charge in [-0.1, -0.05) is 5.16 Å². The molecule has 21 heavy (non-hydrogen) atoms. The van der Waals surface area contributed by atoms with Crippen molar-refractivity contribution in [2.45, 2.75) is 51.5 Å². The summed E-state index contributed by atoms with van der Waals surface area (Å²) in [4.78, 5) is 11.4. The van der Waals surface area contributed by atoms with E-state index in [1.54, 1.807) is 0 Å². The molecule has 0 unspecified atom stereocenters. The van der Waals surface area contributed by atoms with Gasteiger partial charge in [0.1, 0.15) is 5.76 Å².